The van der Waals surface area contributed by atoms with Gasteiger partial charge in [-0.2, -0.15) is 0 Å². The van der Waals surface area contributed by atoms with Crippen LogP contribution in [-0.2, 0) is 4.74 Å². The molecule has 2 rings (SSSR count). The molecule has 1 heterocycles. The fourth-order valence-electron chi connectivity index (χ4n) is 2.36. The number of morpholine rings is 1. The van der Waals surface area contributed by atoms with Gasteiger partial charge in [-0.1, -0.05) is 12.7 Å². The average Bonchev–Trinajstić information content (AvgIpc) is 2.55. The summed E-state index contributed by atoms with van der Waals surface area (Å²) >= 11 is 0. The Morgan fingerprint density at radius 3 is 2.38 bits per heavy atom. The molecule has 1 aliphatic rings. The van der Waals surface area contributed by atoms with Gasteiger partial charge in [0, 0.05) is 0 Å². The van der Waals surface area contributed by atoms with Crippen LogP contribution in [-0.4, -0.2) is 46.1 Å². The molecule has 116 valence electrons. The van der Waals surface area contributed by atoms with Crippen LogP contribution in [0.15, 0.2) is 36.9 Å². The van der Waals surface area contributed by atoms with E-state index in [1.807, 2.05) is 24.3 Å². The molecular weight excluding hydrogens is 266 g/mol. The quantitative estimate of drug-likeness (QED) is 0.550. The zero-order chi connectivity index (χ0) is 14.8. The first kappa shape index (κ1) is 15.9. The predicted molar refractivity (Wildman–Crippen MR) is 83.2 cm³/mol. The van der Waals surface area contributed by atoms with Gasteiger partial charge in [-0.15, -0.1) is 0 Å². The number of hydrogen-bond donors (Lipinski definition) is 1. The second-order valence-electron chi connectivity index (χ2n) is 5.24. The van der Waals surface area contributed by atoms with Gasteiger partial charge in [0.05, 0.1) is 26.4 Å². The molecular formula is C17H26NO3+. The van der Waals surface area contributed by atoms with Gasteiger partial charge in [0.15, 0.2) is 0 Å². The van der Waals surface area contributed by atoms with Gasteiger partial charge < -0.3 is 19.1 Å². The van der Waals surface area contributed by atoms with Crippen molar-refractivity contribution in [3.8, 4) is 11.5 Å². The predicted octanol–water partition coefficient (Wildman–Crippen LogP) is 1.33. The highest BCUT2D eigenvalue weighted by Crippen LogP contribution is 2.17. The number of ether oxygens (including phenoxy) is 3. The summed E-state index contributed by atoms with van der Waals surface area (Å²) in [7, 11) is 0. The Bertz CT molecular complexity index is 399. The van der Waals surface area contributed by atoms with Gasteiger partial charge in [-0.05, 0) is 37.1 Å². The summed E-state index contributed by atoms with van der Waals surface area (Å²) in [5.74, 6) is 1.75. The molecule has 0 aromatic heterocycles. The third kappa shape index (κ3) is 6.19. The second-order valence-corrected chi connectivity index (χ2v) is 5.24. The van der Waals surface area contributed by atoms with Crippen molar-refractivity contribution in [2.45, 2.75) is 12.8 Å². The number of nitrogens with one attached hydrogen (secondary N) is 1. The van der Waals surface area contributed by atoms with E-state index in [0.717, 1.165) is 50.8 Å². The first-order valence-corrected chi connectivity index (χ1v) is 7.76. The fraction of sp³-hybridized carbons (Fsp3) is 0.529. The highest BCUT2D eigenvalue weighted by atomic mass is 16.5. The molecule has 21 heavy (non-hydrogen) atoms. The molecule has 1 fully saturated rings. The van der Waals surface area contributed by atoms with Crippen molar-refractivity contribution in [1.82, 2.24) is 0 Å². The first-order chi connectivity index (χ1) is 10.4. The Hall–Kier alpha value is -1.52. The maximum absolute atomic E-state index is 5.75. The summed E-state index contributed by atoms with van der Waals surface area (Å²) in [6.45, 7) is 10.3. The highest BCUT2D eigenvalue weighted by molar-refractivity contribution is 5.31. The van der Waals surface area contributed by atoms with Crippen LogP contribution in [0.2, 0.25) is 0 Å². The highest BCUT2D eigenvalue weighted by Gasteiger charge is 2.12. The SMILES string of the molecule is C=CCOc1ccc(OCCCC[NH+]2CCOCC2)cc1. The molecule has 4 nitrogen and oxygen atoms in total. The molecule has 0 amide bonds. The van der Waals surface area contributed by atoms with E-state index in [4.69, 9.17) is 14.2 Å². The van der Waals surface area contributed by atoms with E-state index in [-0.39, 0.29) is 0 Å². The van der Waals surface area contributed by atoms with Gasteiger partial charge in [0.2, 0.25) is 0 Å². The van der Waals surface area contributed by atoms with E-state index < -0.39 is 0 Å². The van der Waals surface area contributed by atoms with Crippen LogP contribution in [0.5, 0.6) is 11.5 Å². The normalized spacial score (nSPS) is 15.6. The van der Waals surface area contributed by atoms with Crippen LogP contribution in [0.25, 0.3) is 0 Å². The molecule has 0 unspecified atom stereocenters. The lowest BCUT2D eigenvalue weighted by molar-refractivity contribution is -0.908. The summed E-state index contributed by atoms with van der Waals surface area (Å²) in [5, 5.41) is 0. The number of quaternary nitrogens is 1. The molecule has 0 radical (unpaired) electrons. The number of benzene rings is 1. The zero-order valence-electron chi connectivity index (χ0n) is 12.7. The Kier molecular flexibility index (Phi) is 7.12. The van der Waals surface area contributed by atoms with Crippen LogP contribution in [0.4, 0.5) is 0 Å². The Labute approximate surface area is 127 Å². The van der Waals surface area contributed by atoms with Gasteiger partial charge in [-0.25, -0.2) is 0 Å². The molecule has 0 spiro atoms. The number of rotatable bonds is 9. The molecule has 0 bridgehead atoms. The van der Waals surface area contributed by atoms with Gasteiger partial charge >= 0.3 is 0 Å². The Balaban J connectivity index is 1.56. The van der Waals surface area contributed by atoms with Crippen LogP contribution in [0.1, 0.15) is 12.8 Å². The standard InChI is InChI=1S/C17H25NO3/c1-2-12-20-16-5-7-17(8-6-16)21-13-4-3-9-18-10-14-19-15-11-18/h2,5-8H,1,3-4,9-15H2/p+1. The average molecular weight is 292 g/mol. The van der Waals surface area contributed by atoms with Gasteiger partial charge in [0.25, 0.3) is 0 Å². The largest absolute Gasteiger partial charge is 0.494 e. The lowest BCUT2D eigenvalue weighted by atomic mass is 10.3. The van der Waals surface area contributed by atoms with E-state index >= 15 is 0 Å². The molecule has 0 saturated carbocycles. The summed E-state index contributed by atoms with van der Waals surface area (Å²) < 4.78 is 16.5. The minimum atomic E-state index is 0.532. The number of hydrogen-bond acceptors (Lipinski definition) is 3. The molecule has 4 heteroatoms. The van der Waals surface area contributed by atoms with Crippen LogP contribution < -0.4 is 14.4 Å². The van der Waals surface area contributed by atoms with Gasteiger partial charge in [0.1, 0.15) is 31.2 Å². The van der Waals surface area contributed by atoms with E-state index in [2.05, 4.69) is 6.58 Å². The van der Waals surface area contributed by atoms with E-state index in [1.165, 1.54) is 13.0 Å². The summed E-state index contributed by atoms with van der Waals surface area (Å²) in [6.07, 6.45) is 4.04. The van der Waals surface area contributed by atoms with Crippen LogP contribution in [0.3, 0.4) is 0 Å². The van der Waals surface area contributed by atoms with Crippen molar-refractivity contribution in [1.29, 1.82) is 0 Å². The van der Waals surface area contributed by atoms with E-state index in [0.29, 0.717) is 6.61 Å². The minimum absolute atomic E-state index is 0.532. The van der Waals surface area contributed by atoms with Crippen LogP contribution in [0, 0.1) is 0 Å². The molecule has 0 atom stereocenters. The zero-order valence-corrected chi connectivity index (χ0v) is 12.7. The third-order valence-electron chi connectivity index (χ3n) is 3.58. The van der Waals surface area contributed by atoms with Crippen molar-refractivity contribution in [2.24, 2.45) is 0 Å². The van der Waals surface area contributed by atoms with Crippen LogP contribution >= 0.6 is 0 Å². The lowest BCUT2D eigenvalue weighted by Crippen LogP contribution is -3.14. The maximum Gasteiger partial charge on any atom is 0.120 e. The van der Waals surface area contributed by atoms with Crippen molar-refractivity contribution in [2.75, 3.05) is 46.1 Å². The summed E-state index contributed by atoms with van der Waals surface area (Å²) in [4.78, 5) is 1.66. The smallest absolute Gasteiger partial charge is 0.120 e. The Morgan fingerprint density at radius 2 is 1.71 bits per heavy atom. The fourth-order valence-corrected chi connectivity index (χ4v) is 2.36. The van der Waals surface area contributed by atoms with Crippen molar-refractivity contribution >= 4 is 0 Å². The van der Waals surface area contributed by atoms with Gasteiger partial charge in [-0.3, -0.25) is 0 Å². The number of unbranched alkanes of at least 4 members (excludes halogenated alkanes) is 1. The maximum atomic E-state index is 5.75. The van der Waals surface area contributed by atoms with Crippen molar-refractivity contribution in [3.05, 3.63) is 36.9 Å². The van der Waals surface area contributed by atoms with Crippen molar-refractivity contribution < 1.29 is 19.1 Å². The summed E-state index contributed by atoms with van der Waals surface area (Å²) in [6, 6.07) is 7.75. The van der Waals surface area contributed by atoms with Crippen molar-refractivity contribution in [3.63, 3.8) is 0 Å². The van der Waals surface area contributed by atoms with E-state index in [9.17, 15) is 0 Å². The molecule has 1 aromatic rings. The Morgan fingerprint density at radius 1 is 1.05 bits per heavy atom. The summed E-state index contributed by atoms with van der Waals surface area (Å²) in [5.41, 5.74) is 0. The molecule has 1 N–H and O–H groups in total. The van der Waals surface area contributed by atoms with E-state index in [1.54, 1.807) is 11.0 Å². The lowest BCUT2D eigenvalue weighted by Gasteiger charge is -2.23. The minimum Gasteiger partial charge on any atom is -0.494 e. The topological polar surface area (TPSA) is 32.1 Å². The second kappa shape index (κ2) is 9.42. The molecule has 1 aliphatic heterocycles. The molecule has 0 aliphatic carbocycles. The third-order valence-corrected chi connectivity index (χ3v) is 3.58. The first-order valence-electron chi connectivity index (χ1n) is 7.76. The monoisotopic (exact) mass is 292 g/mol. The molecule has 1 aromatic carbocycles. The molecule has 1 saturated heterocycles.